The lowest BCUT2D eigenvalue weighted by molar-refractivity contribution is 0.660. The number of aryl methyl sites for hydroxylation is 1. The SMILES string of the molecule is Cc1ccc2c(c1-c1ccc3c4ccccc4n(-c4nc(-c5ccc6c(c5)C(C)(C)c5ccccc5-6)c5ccccc5n4)c3c1)c1ccccc1n2-c1ccccc1. The van der Waals surface area contributed by atoms with Gasteiger partial charge in [0.25, 0.3) is 0 Å². The van der Waals surface area contributed by atoms with Crippen molar-refractivity contribution in [2.75, 3.05) is 0 Å². The number of para-hydroxylation sites is 4. The van der Waals surface area contributed by atoms with Crippen molar-refractivity contribution in [2.45, 2.75) is 26.2 Å². The van der Waals surface area contributed by atoms with Crippen LogP contribution in [0, 0.1) is 6.92 Å². The van der Waals surface area contributed by atoms with E-state index in [0.717, 1.165) is 44.4 Å². The standard InChI is InChI=1S/C54H38N4/c1-33-25-30-48-51(42-20-10-14-24-47(42)57(48)36-15-5-4-6-16-36)50(33)34-26-29-40-39-18-9-13-23-46(39)58(49(40)32-34)53-55-45-22-12-8-19-41(45)52(56-53)35-27-28-38-37-17-7-11-21-43(37)54(2,3)44(38)31-35/h4-32H,1-3H3. The highest BCUT2D eigenvalue weighted by molar-refractivity contribution is 6.18. The van der Waals surface area contributed by atoms with E-state index in [9.17, 15) is 0 Å². The van der Waals surface area contributed by atoms with Crippen LogP contribution in [0.4, 0.5) is 0 Å². The van der Waals surface area contributed by atoms with E-state index >= 15 is 0 Å². The zero-order chi connectivity index (χ0) is 38.7. The first-order chi connectivity index (χ1) is 28.5. The molecule has 1 aliphatic carbocycles. The predicted octanol–water partition coefficient (Wildman–Crippen LogP) is 13.8. The summed E-state index contributed by atoms with van der Waals surface area (Å²) in [5.41, 5.74) is 17.5. The lowest BCUT2D eigenvalue weighted by atomic mass is 9.82. The van der Waals surface area contributed by atoms with Crippen LogP contribution in [0.15, 0.2) is 176 Å². The fourth-order valence-electron chi connectivity index (χ4n) is 9.97. The fraction of sp³-hybridized carbons (Fsp3) is 0.0741. The van der Waals surface area contributed by atoms with Gasteiger partial charge in [0.05, 0.1) is 33.3 Å². The van der Waals surface area contributed by atoms with Crippen molar-refractivity contribution in [1.82, 2.24) is 19.1 Å². The second-order valence-electron chi connectivity index (χ2n) is 16.2. The van der Waals surface area contributed by atoms with Crippen LogP contribution in [-0.2, 0) is 5.41 Å². The Hall–Kier alpha value is -7.30. The van der Waals surface area contributed by atoms with E-state index in [-0.39, 0.29) is 5.41 Å². The summed E-state index contributed by atoms with van der Waals surface area (Å²) in [4.78, 5) is 10.9. The van der Waals surface area contributed by atoms with Gasteiger partial charge in [-0.1, -0.05) is 141 Å². The normalized spacial score (nSPS) is 13.2. The molecule has 12 rings (SSSR count). The van der Waals surface area contributed by atoms with Crippen LogP contribution in [0.1, 0.15) is 30.5 Å². The smallest absolute Gasteiger partial charge is 0.235 e. The molecule has 0 saturated heterocycles. The second kappa shape index (κ2) is 12.1. The number of hydrogen-bond donors (Lipinski definition) is 0. The molecule has 0 aliphatic heterocycles. The zero-order valence-corrected chi connectivity index (χ0v) is 32.5. The third-order valence-electron chi connectivity index (χ3n) is 12.7. The average molecular weight is 743 g/mol. The molecule has 0 bridgehead atoms. The Bertz CT molecular complexity index is 3490. The van der Waals surface area contributed by atoms with Gasteiger partial charge in [0.15, 0.2) is 0 Å². The average Bonchev–Trinajstić information content (AvgIpc) is 3.86. The molecule has 274 valence electrons. The summed E-state index contributed by atoms with van der Waals surface area (Å²) in [6, 6.07) is 63.8. The maximum absolute atomic E-state index is 5.53. The summed E-state index contributed by atoms with van der Waals surface area (Å²) in [5, 5.41) is 5.88. The van der Waals surface area contributed by atoms with Crippen LogP contribution in [-0.4, -0.2) is 19.1 Å². The van der Waals surface area contributed by atoms with Crippen molar-refractivity contribution in [1.29, 1.82) is 0 Å². The number of hydrogen-bond acceptors (Lipinski definition) is 2. The Balaban J connectivity index is 1.11. The van der Waals surface area contributed by atoms with Gasteiger partial charge in [0, 0.05) is 43.6 Å². The largest absolute Gasteiger partial charge is 0.309 e. The summed E-state index contributed by atoms with van der Waals surface area (Å²) in [7, 11) is 0. The third-order valence-corrected chi connectivity index (χ3v) is 12.7. The Morgan fingerprint density at radius 3 is 1.95 bits per heavy atom. The Kier molecular flexibility index (Phi) is 6.86. The minimum absolute atomic E-state index is 0.120. The minimum atomic E-state index is -0.120. The number of benzene rings is 8. The molecule has 0 N–H and O–H groups in total. The molecule has 0 radical (unpaired) electrons. The van der Waals surface area contributed by atoms with Gasteiger partial charge in [-0.2, -0.15) is 0 Å². The molecule has 3 aromatic heterocycles. The summed E-state index contributed by atoms with van der Waals surface area (Å²) in [6.07, 6.45) is 0. The van der Waals surface area contributed by atoms with Crippen molar-refractivity contribution in [2.24, 2.45) is 0 Å². The van der Waals surface area contributed by atoms with E-state index in [1.165, 1.54) is 66.0 Å². The molecule has 0 fully saturated rings. The van der Waals surface area contributed by atoms with Gasteiger partial charge in [-0.15, -0.1) is 0 Å². The van der Waals surface area contributed by atoms with Gasteiger partial charge in [0.2, 0.25) is 5.95 Å². The maximum Gasteiger partial charge on any atom is 0.235 e. The molecule has 0 spiro atoms. The highest BCUT2D eigenvalue weighted by atomic mass is 15.2. The lowest BCUT2D eigenvalue weighted by Gasteiger charge is -2.22. The van der Waals surface area contributed by atoms with Crippen molar-refractivity contribution in [3.8, 4) is 45.1 Å². The monoisotopic (exact) mass is 742 g/mol. The molecule has 1 aliphatic rings. The van der Waals surface area contributed by atoms with Crippen LogP contribution < -0.4 is 0 Å². The molecule has 58 heavy (non-hydrogen) atoms. The molecular weight excluding hydrogens is 705 g/mol. The predicted molar refractivity (Wildman–Crippen MR) is 241 cm³/mol. The van der Waals surface area contributed by atoms with Crippen molar-refractivity contribution >= 4 is 54.5 Å². The van der Waals surface area contributed by atoms with E-state index in [2.05, 4.69) is 206 Å². The molecule has 0 atom stereocenters. The Morgan fingerprint density at radius 2 is 1.10 bits per heavy atom. The lowest BCUT2D eigenvalue weighted by Crippen LogP contribution is -2.15. The van der Waals surface area contributed by atoms with E-state index < -0.39 is 0 Å². The van der Waals surface area contributed by atoms with Crippen molar-refractivity contribution < 1.29 is 0 Å². The Labute approximate surface area is 336 Å². The van der Waals surface area contributed by atoms with E-state index in [1.54, 1.807) is 0 Å². The quantitative estimate of drug-likeness (QED) is 0.180. The van der Waals surface area contributed by atoms with Crippen LogP contribution in [0.2, 0.25) is 0 Å². The van der Waals surface area contributed by atoms with E-state index in [4.69, 9.17) is 9.97 Å². The Morgan fingerprint density at radius 1 is 0.448 bits per heavy atom. The molecule has 0 amide bonds. The summed E-state index contributed by atoms with van der Waals surface area (Å²) in [5.74, 6) is 0.663. The van der Waals surface area contributed by atoms with Crippen LogP contribution in [0.25, 0.3) is 99.7 Å². The van der Waals surface area contributed by atoms with Gasteiger partial charge in [-0.3, -0.25) is 4.57 Å². The van der Waals surface area contributed by atoms with Crippen LogP contribution in [0.3, 0.4) is 0 Å². The van der Waals surface area contributed by atoms with Gasteiger partial charge >= 0.3 is 0 Å². The van der Waals surface area contributed by atoms with Gasteiger partial charge in [-0.25, -0.2) is 9.97 Å². The third kappa shape index (κ3) is 4.57. The zero-order valence-electron chi connectivity index (χ0n) is 32.5. The first-order valence-corrected chi connectivity index (χ1v) is 20.1. The fourth-order valence-corrected chi connectivity index (χ4v) is 9.97. The molecule has 3 heterocycles. The molecule has 0 unspecified atom stereocenters. The van der Waals surface area contributed by atoms with Crippen LogP contribution in [0.5, 0.6) is 0 Å². The number of fused-ring (bicyclic) bond motifs is 10. The van der Waals surface area contributed by atoms with Crippen LogP contribution >= 0.6 is 0 Å². The maximum atomic E-state index is 5.53. The highest BCUT2D eigenvalue weighted by Gasteiger charge is 2.35. The highest BCUT2D eigenvalue weighted by Crippen LogP contribution is 2.50. The van der Waals surface area contributed by atoms with Gasteiger partial charge < -0.3 is 4.57 Å². The summed E-state index contributed by atoms with van der Waals surface area (Å²) < 4.78 is 4.67. The van der Waals surface area contributed by atoms with E-state index in [0.29, 0.717) is 5.95 Å². The van der Waals surface area contributed by atoms with Crippen molar-refractivity contribution in [3.05, 3.63) is 193 Å². The van der Waals surface area contributed by atoms with Gasteiger partial charge in [-0.05, 0) is 94.4 Å². The first kappa shape index (κ1) is 32.9. The first-order valence-electron chi connectivity index (χ1n) is 20.1. The number of rotatable bonds is 4. The summed E-state index contributed by atoms with van der Waals surface area (Å²) in [6.45, 7) is 6.91. The minimum Gasteiger partial charge on any atom is -0.309 e. The van der Waals surface area contributed by atoms with Gasteiger partial charge in [0.1, 0.15) is 0 Å². The molecule has 0 saturated carbocycles. The topological polar surface area (TPSA) is 35.6 Å². The van der Waals surface area contributed by atoms with E-state index in [1.807, 2.05) is 0 Å². The summed E-state index contributed by atoms with van der Waals surface area (Å²) >= 11 is 0. The molecular formula is C54H38N4. The molecule has 11 aromatic rings. The number of aromatic nitrogens is 4. The van der Waals surface area contributed by atoms with Crippen molar-refractivity contribution in [3.63, 3.8) is 0 Å². The second-order valence-corrected chi connectivity index (χ2v) is 16.2. The number of nitrogens with zero attached hydrogens (tertiary/aromatic N) is 4. The molecule has 4 heteroatoms. The molecule has 4 nitrogen and oxygen atoms in total. The molecule has 8 aromatic carbocycles.